The molecule has 1 heterocycles. The summed E-state index contributed by atoms with van der Waals surface area (Å²) in [6.07, 6.45) is 1.42. The zero-order chi connectivity index (χ0) is 20.3. The summed E-state index contributed by atoms with van der Waals surface area (Å²) in [6.45, 7) is 3.31. The van der Waals surface area contributed by atoms with Gasteiger partial charge in [-0.2, -0.15) is 0 Å². The molecule has 0 amide bonds. The number of carbonyl (C=O) groups excluding carboxylic acids is 2. The summed E-state index contributed by atoms with van der Waals surface area (Å²) in [5.41, 5.74) is 0.518. The molecule has 0 bridgehead atoms. The van der Waals surface area contributed by atoms with Crippen LogP contribution in [0, 0.1) is 5.82 Å². The van der Waals surface area contributed by atoms with Crippen molar-refractivity contribution >= 4 is 35.5 Å². The number of halogens is 2. The minimum Gasteiger partial charge on any atom is -0.490 e. The second-order valence-electron chi connectivity index (χ2n) is 5.67. The minimum absolute atomic E-state index is 0.0306. The summed E-state index contributed by atoms with van der Waals surface area (Å²) in [4.78, 5) is 27.5. The van der Waals surface area contributed by atoms with Gasteiger partial charge in [0.05, 0.1) is 17.2 Å². The van der Waals surface area contributed by atoms with Crippen molar-refractivity contribution in [2.24, 2.45) is 4.99 Å². The molecule has 0 saturated heterocycles. The first-order chi connectivity index (χ1) is 13.4. The molecular weight excluding hydrogens is 389 g/mol. The number of aliphatic imine (C=N–C) groups is 1. The predicted octanol–water partition coefficient (Wildman–Crippen LogP) is 4.15. The first-order valence-corrected chi connectivity index (χ1v) is 8.69. The molecule has 3 rings (SSSR count). The average molecular weight is 404 g/mol. The van der Waals surface area contributed by atoms with Crippen molar-refractivity contribution in [1.82, 2.24) is 0 Å². The zero-order valence-electron chi connectivity index (χ0n) is 15.0. The van der Waals surface area contributed by atoms with Crippen molar-refractivity contribution in [2.45, 2.75) is 13.8 Å². The van der Waals surface area contributed by atoms with E-state index >= 15 is 0 Å². The molecule has 0 radical (unpaired) electrons. The molecule has 0 aliphatic carbocycles. The van der Waals surface area contributed by atoms with E-state index in [0.29, 0.717) is 12.2 Å². The Kier molecular flexibility index (Phi) is 5.75. The molecule has 0 N–H and O–H groups in total. The zero-order valence-corrected chi connectivity index (χ0v) is 15.7. The summed E-state index contributed by atoms with van der Waals surface area (Å²) < 4.78 is 29.5. The number of rotatable bonds is 5. The quantitative estimate of drug-likeness (QED) is 0.426. The van der Waals surface area contributed by atoms with Gasteiger partial charge in [-0.05, 0) is 42.8 Å². The maximum absolute atomic E-state index is 13.9. The number of hydrogen-bond donors (Lipinski definition) is 0. The molecule has 0 spiro atoms. The smallest absolute Gasteiger partial charge is 0.363 e. The van der Waals surface area contributed by atoms with Crippen molar-refractivity contribution in [3.63, 3.8) is 0 Å². The van der Waals surface area contributed by atoms with Gasteiger partial charge in [0.15, 0.2) is 17.2 Å². The Hall–Kier alpha value is -3.19. The molecule has 2 aromatic carbocycles. The normalized spacial score (nSPS) is 14.6. The molecule has 6 nitrogen and oxygen atoms in total. The number of ether oxygens (including phenoxy) is 3. The van der Waals surface area contributed by atoms with E-state index in [1.165, 1.54) is 37.3 Å². The summed E-state index contributed by atoms with van der Waals surface area (Å²) in [5, 5.41) is 0.123. The van der Waals surface area contributed by atoms with Crippen LogP contribution in [-0.4, -0.2) is 24.4 Å². The van der Waals surface area contributed by atoms with E-state index in [-0.39, 0.29) is 33.7 Å². The molecule has 0 saturated carbocycles. The lowest BCUT2D eigenvalue weighted by Gasteiger charge is -2.12. The molecule has 0 atom stereocenters. The second kappa shape index (κ2) is 8.22. The Morgan fingerprint density at radius 3 is 2.75 bits per heavy atom. The number of nitrogens with zero attached hydrogens (tertiary/aromatic N) is 1. The van der Waals surface area contributed by atoms with Crippen LogP contribution in [0.2, 0.25) is 5.02 Å². The van der Waals surface area contributed by atoms with Gasteiger partial charge in [-0.25, -0.2) is 14.2 Å². The van der Waals surface area contributed by atoms with Crippen LogP contribution in [0.4, 0.5) is 4.39 Å². The Bertz CT molecular complexity index is 1020. The third-order valence-electron chi connectivity index (χ3n) is 3.61. The molecule has 8 heteroatoms. The van der Waals surface area contributed by atoms with E-state index in [1.54, 1.807) is 19.1 Å². The standard InChI is InChI=1S/C20H15ClFNO5/c1-3-26-17-10-12(8-14(21)18(17)27-11(2)24)9-16-20(25)28-19(23-16)13-6-4-5-7-15(13)22/h4-10H,3H2,1-2H3/b16-9-. The fourth-order valence-corrected chi connectivity index (χ4v) is 2.75. The lowest BCUT2D eigenvalue weighted by molar-refractivity contribution is -0.132. The monoisotopic (exact) mass is 403 g/mol. The van der Waals surface area contributed by atoms with E-state index in [0.717, 1.165) is 0 Å². The Morgan fingerprint density at radius 2 is 2.07 bits per heavy atom. The Balaban J connectivity index is 1.99. The van der Waals surface area contributed by atoms with E-state index < -0.39 is 17.8 Å². The van der Waals surface area contributed by atoms with Gasteiger partial charge < -0.3 is 14.2 Å². The van der Waals surface area contributed by atoms with Gasteiger partial charge in [0, 0.05) is 6.92 Å². The summed E-state index contributed by atoms with van der Waals surface area (Å²) in [7, 11) is 0. The third kappa shape index (κ3) is 4.20. The lowest BCUT2D eigenvalue weighted by atomic mass is 10.1. The minimum atomic E-state index is -0.726. The van der Waals surface area contributed by atoms with Crippen molar-refractivity contribution in [1.29, 1.82) is 0 Å². The molecule has 0 fully saturated rings. The molecule has 0 aromatic heterocycles. The molecule has 2 aromatic rings. The topological polar surface area (TPSA) is 74.2 Å². The highest BCUT2D eigenvalue weighted by Gasteiger charge is 2.26. The maximum atomic E-state index is 13.9. The number of esters is 2. The average Bonchev–Trinajstić information content (AvgIpc) is 2.99. The number of benzene rings is 2. The highest BCUT2D eigenvalue weighted by atomic mass is 35.5. The van der Waals surface area contributed by atoms with Gasteiger partial charge >= 0.3 is 11.9 Å². The molecule has 28 heavy (non-hydrogen) atoms. The van der Waals surface area contributed by atoms with E-state index in [1.807, 2.05) is 0 Å². The number of carbonyl (C=O) groups is 2. The van der Waals surface area contributed by atoms with Crippen LogP contribution in [0.25, 0.3) is 6.08 Å². The van der Waals surface area contributed by atoms with Crippen molar-refractivity contribution in [3.8, 4) is 11.5 Å². The first-order valence-electron chi connectivity index (χ1n) is 8.31. The fourth-order valence-electron chi connectivity index (χ4n) is 2.49. The Morgan fingerprint density at radius 1 is 1.32 bits per heavy atom. The van der Waals surface area contributed by atoms with Crippen LogP contribution in [0.3, 0.4) is 0 Å². The van der Waals surface area contributed by atoms with E-state index in [4.69, 9.17) is 25.8 Å². The van der Waals surface area contributed by atoms with E-state index in [2.05, 4.69) is 4.99 Å². The van der Waals surface area contributed by atoms with Gasteiger partial charge in [-0.3, -0.25) is 4.79 Å². The molecular formula is C20H15ClFNO5. The predicted molar refractivity (Wildman–Crippen MR) is 101 cm³/mol. The van der Waals surface area contributed by atoms with E-state index in [9.17, 15) is 14.0 Å². The SMILES string of the molecule is CCOc1cc(/C=C2\N=C(c3ccccc3F)OC2=O)cc(Cl)c1OC(C)=O. The summed E-state index contributed by atoms with van der Waals surface area (Å²) >= 11 is 6.19. The van der Waals surface area contributed by atoms with Gasteiger partial charge in [0.1, 0.15) is 5.82 Å². The van der Waals surface area contributed by atoms with Gasteiger partial charge in [0.25, 0.3) is 0 Å². The summed E-state index contributed by atoms with van der Waals surface area (Å²) in [6, 6.07) is 8.87. The van der Waals surface area contributed by atoms with Crippen molar-refractivity contribution in [3.05, 3.63) is 64.1 Å². The van der Waals surface area contributed by atoms with Crippen molar-refractivity contribution in [2.75, 3.05) is 6.61 Å². The molecule has 144 valence electrons. The molecule has 0 unspecified atom stereocenters. The third-order valence-corrected chi connectivity index (χ3v) is 3.89. The molecule has 1 aliphatic heterocycles. The van der Waals surface area contributed by atoms with Crippen LogP contribution in [0.15, 0.2) is 47.1 Å². The number of hydrogen-bond acceptors (Lipinski definition) is 6. The summed E-state index contributed by atoms with van der Waals surface area (Å²) in [5.74, 6) is -1.63. The number of cyclic esters (lactones) is 1. The first kappa shape index (κ1) is 19.6. The largest absolute Gasteiger partial charge is 0.490 e. The maximum Gasteiger partial charge on any atom is 0.363 e. The van der Waals surface area contributed by atoms with Crippen molar-refractivity contribution < 1.29 is 28.2 Å². The highest BCUT2D eigenvalue weighted by molar-refractivity contribution is 6.32. The second-order valence-corrected chi connectivity index (χ2v) is 6.08. The van der Waals surface area contributed by atoms with Crippen LogP contribution in [0.5, 0.6) is 11.5 Å². The highest BCUT2D eigenvalue weighted by Crippen LogP contribution is 2.37. The Labute approximate surface area is 165 Å². The lowest BCUT2D eigenvalue weighted by Crippen LogP contribution is -2.07. The molecule has 1 aliphatic rings. The van der Waals surface area contributed by atoms with Crippen LogP contribution in [0.1, 0.15) is 25.0 Å². The van der Waals surface area contributed by atoms with Crippen LogP contribution < -0.4 is 9.47 Å². The van der Waals surface area contributed by atoms with Crippen LogP contribution in [-0.2, 0) is 14.3 Å². The van der Waals surface area contributed by atoms with Gasteiger partial charge in [0.2, 0.25) is 5.90 Å². The van der Waals surface area contributed by atoms with Crippen LogP contribution >= 0.6 is 11.6 Å². The fraction of sp³-hybridized carbons (Fsp3) is 0.150. The van der Waals surface area contributed by atoms with Gasteiger partial charge in [-0.1, -0.05) is 23.7 Å². The van der Waals surface area contributed by atoms with Gasteiger partial charge in [-0.15, -0.1) is 0 Å².